The Labute approximate surface area is 150 Å². The average Bonchev–Trinajstić information content (AvgIpc) is 3.11. The van der Waals surface area contributed by atoms with Crippen molar-refractivity contribution in [3.8, 4) is 0 Å². The van der Waals surface area contributed by atoms with Gasteiger partial charge in [0.2, 0.25) is 0 Å². The lowest BCUT2D eigenvalue weighted by Gasteiger charge is -2.49. The van der Waals surface area contributed by atoms with E-state index in [0.717, 1.165) is 31.1 Å². The number of fused-ring (bicyclic) bond motifs is 1. The van der Waals surface area contributed by atoms with Crippen LogP contribution < -0.4 is 0 Å². The van der Waals surface area contributed by atoms with Gasteiger partial charge in [0.05, 0.1) is 4.92 Å². The predicted octanol–water partition coefficient (Wildman–Crippen LogP) is 3.82. The maximum absolute atomic E-state index is 11.1. The number of nitro benzene ring substituents is 1. The van der Waals surface area contributed by atoms with E-state index in [0.29, 0.717) is 12.1 Å². The van der Waals surface area contributed by atoms with E-state index in [2.05, 4.69) is 9.80 Å². The highest BCUT2D eigenvalue weighted by molar-refractivity contribution is 5.34. The van der Waals surface area contributed by atoms with Gasteiger partial charge in [-0.1, -0.05) is 31.4 Å². The normalized spacial score (nSPS) is 28.8. The zero-order valence-corrected chi connectivity index (χ0v) is 15.0. The Kier molecular flexibility index (Phi) is 5.04. The Bertz CT molecular complexity index is 615. The van der Waals surface area contributed by atoms with Crippen LogP contribution in [0.3, 0.4) is 0 Å². The molecule has 1 aliphatic carbocycles. The van der Waals surface area contributed by atoms with Gasteiger partial charge in [-0.15, -0.1) is 0 Å². The topological polar surface area (TPSA) is 49.6 Å². The van der Waals surface area contributed by atoms with Crippen LogP contribution in [0, 0.1) is 16.0 Å². The molecule has 0 radical (unpaired) electrons. The SMILES string of the molecule is O=[N+]([O-])c1cccc(CN2CCN3CCC[C@H]3[C@H]2C2CCCCC2)c1. The van der Waals surface area contributed by atoms with Crippen molar-refractivity contribution < 1.29 is 4.92 Å². The van der Waals surface area contributed by atoms with Gasteiger partial charge in [-0.25, -0.2) is 0 Å². The van der Waals surface area contributed by atoms with E-state index < -0.39 is 0 Å². The van der Waals surface area contributed by atoms with Gasteiger partial charge in [-0.3, -0.25) is 19.9 Å². The first kappa shape index (κ1) is 17.0. The van der Waals surface area contributed by atoms with Crippen LogP contribution in [0.1, 0.15) is 50.5 Å². The summed E-state index contributed by atoms with van der Waals surface area (Å²) in [5, 5.41) is 11.1. The number of piperazine rings is 1. The lowest BCUT2D eigenvalue weighted by atomic mass is 9.78. The molecule has 136 valence electrons. The van der Waals surface area contributed by atoms with Gasteiger partial charge in [0.25, 0.3) is 5.69 Å². The second kappa shape index (κ2) is 7.42. The van der Waals surface area contributed by atoms with Gasteiger partial charge in [0.15, 0.2) is 0 Å². The average molecular weight is 343 g/mol. The molecule has 3 aliphatic rings. The fourth-order valence-electron chi connectivity index (χ4n) is 5.44. The van der Waals surface area contributed by atoms with E-state index in [1.54, 1.807) is 12.1 Å². The molecule has 25 heavy (non-hydrogen) atoms. The number of nitro groups is 1. The van der Waals surface area contributed by atoms with Crippen LogP contribution in [0.4, 0.5) is 5.69 Å². The first-order chi connectivity index (χ1) is 12.2. The lowest BCUT2D eigenvalue weighted by molar-refractivity contribution is -0.384. The molecule has 2 heterocycles. The molecule has 5 heteroatoms. The summed E-state index contributed by atoms with van der Waals surface area (Å²) in [7, 11) is 0. The largest absolute Gasteiger partial charge is 0.298 e. The van der Waals surface area contributed by atoms with Crippen molar-refractivity contribution >= 4 is 5.69 Å². The Morgan fingerprint density at radius 2 is 1.88 bits per heavy atom. The summed E-state index contributed by atoms with van der Waals surface area (Å²) < 4.78 is 0. The maximum Gasteiger partial charge on any atom is 0.269 e. The van der Waals surface area contributed by atoms with Gasteiger partial charge < -0.3 is 0 Å². The van der Waals surface area contributed by atoms with Gasteiger partial charge in [-0.2, -0.15) is 0 Å². The van der Waals surface area contributed by atoms with Gasteiger partial charge in [0.1, 0.15) is 0 Å². The standard InChI is InChI=1S/C20H29N3O2/c24-23(25)18-9-4-6-16(14-18)15-22-13-12-21-11-5-10-19(21)20(22)17-7-2-1-3-8-17/h4,6,9,14,17,19-20H,1-3,5,7-8,10-13,15H2/t19-,20+/m0/s1. The van der Waals surface area contributed by atoms with Crippen LogP contribution in [-0.2, 0) is 6.54 Å². The number of hydrogen-bond acceptors (Lipinski definition) is 4. The predicted molar refractivity (Wildman–Crippen MR) is 98.5 cm³/mol. The summed E-state index contributed by atoms with van der Waals surface area (Å²) in [6.07, 6.45) is 9.52. The number of benzene rings is 1. The van der Waals surface area contributed by atoms with Gasteiger partial charge in [-0.05, 0) is 43.7 Å². The summed E-state index contributed by atoms with van der Waals surface area (Å²) >= 11 is 0. The fraction of sp³-hybridized carbons (Fsp3) is 0.700. The zero-order chi connectivity index (χ0) is 17.2. The van der Waals surface area contributed by atoms with Crippen LogP contribution in [0.5, 0.6) is 0 Å². The van der Waals surface area contributed by atoms with Crippen molar-refractivity contribution in [1.82, 2.24) is 9.80 Å². The molecule has 0 spiro atoms. The quantitative estimate of drug-likeness (QED) is 0.616. The van der Waals surface area contributed by atoms with Crippen molar-refractivity contribution in [1.29, 1.82) is 0 Å². The molecule has 5 nitrogen and oxygen atoms in total. The molecule has 0 bridgehead atoms. The fourth-order valence-corrected chi connectivity index (χ4v) is 5.44. The van der Waals surface area contributed by atoms with Crippen molar-refractivity contribution in [3.05, 3.63) is 39.9 Å². The van der Waals surface area contributed by atoms with Crippen molar-refractivity contribution in [3.63, 3.8) is 0 Å². The summed E-state index contributed by atoms with van der Waals surface area (Å²) in [6, 6.07) is 8.57. The molecule has 1 aromatic carbocycles. The molecule has 2 saturated heterocycles. The molecule has 0 aromatic heterocycles. The van der Waals surface area contributed by atoms with Crippen LogP contribution in [0.25, 0.3) is 0 Å². The van der Waals surface area contributed by atoms with Crippen LogP contribution in [0.2, 0.25) is 0 Å². The van der Waals surface area contributed by atoms with E-state index >= 15 is 0 Å². The lowest BCUT2D eigenvalue weighted by Crippen LogP contribution is -2.59. The van der Waals surface area contributed by atoms with Crippen LogP contribution in [0.15, 0.2) is 24.3 Å². The minimum atomic E-state index is -0.281. The smallest absolute Gasteiger partial charge is 0.269 e. The van der Waals surface area contributed by atoms with E-state index in [1.807, 2.05) is 12.1 Å². The number of non-ortho nitro benzene ring substituents is 1. The Hall–Kier alpha value is -1.46. The zero-order valence-electron chi connectivity index (χ0n) is 15.0. The molecule has 1 saturated carbocycles. The van der Waals surface area contributed by atoms with E-state index in [-0.39, 0.29) is 10.6 Å². The highest BCUT2D eigenvalue weighted by Crippen LogP contribution is 2.38. The highest BCUT2D eigenvalue weighted by atomic mass is 16.6. The Balaban J connectivity index is 1.55. The van der Waals surface area contributed by atoms with E-state index in [9.17, 15) is 10.1 Å². The summed E-state index contributed by atoms with van der Waals surface area (Å²) in [6.45, 7) is 4.37. The van der Waals surface area contributed by atoms with E-state index in [1.165, 1.54) is 51.5 Å². The molecule has 0 amide bonds. The first-order valence-corrected chi connectivity index (χ1v) is 9.94. The molecule has 0 unspecified atom stereocenters. The molecular formula is C20H29N3O2. The van der Waals surface area contributed by atoms with Crippen LogP contribution >= 0.6 is 0 Å². The van der Waals surface area contributed by atoms with Crippen molar-refractivity contribution in [2.75, 3.05) is 19.6 Å². The minimum Gasteiger partial charge on any atom is -0.298 e. The third kappa shape index (κ3) is 3.58. The highest BCUT2D eigenvalue weighted by Gasteiger charge is 2.42. The molecular weight excluding hydrogens is 314 g/mol. The molecule has 4 rings (SSSR count). The van der Waals surface area contributed by atoms with Crippen LogP contribution in [-0.4, -0.2) is 46.4 Å². The number of hydrogen-bond donors (Lipinski definition) is 0. The third-order valence-corrected chi connectivity index (χ3v) is 6.54. The molecule has 2 atom stereocenters. The minimum absolute atomic E-state index is 0.214. The second-order valence-corrected chi connectivity index (χ2v) is 8.03. The van der Waals surface area contributed by atoms with E-state index in [4.69, 9.17) is 0 Å². The Morgan fingerprint density at radius 1 is 1.04 bits per heavy atom. The molecule has 0 N–H and O–H groups in total. The summed E-state index contributed by atoms with van der Waals surface area (Å²) in [5.41, 5.74) is 1.30. The maximum atomic E-state index is 11.1. The summed E-state index contributed by atoms with van der Waals surface area (Å²) in [5.74, 6) is 0.804. The Morgan fingerprint density at radius 3 is 2.68 bits per heavy atom. The van der Waals surface area contributed by atoms with Gasteiger partial charge in [0, 0.05) is 43.9 Å². The first-order valence-electron chi connectivity index (χ1n) is 9.94. The second-order valence-electron chi connectivity index (χ2n) is 8.03. The number of rotatable bonds is 4. The summed E-state index contributed by atoms with van der Waals surface area (Å²) in [4.78, 5) is 16.2. The molecule has 1 aromatic rings. The van der Waals surface area contributed by atoms with Gasteiger partial charge >= 0.3 is 0 Å². The monoisotopic (exact) mass is 343 g/mol. The molecule has 3 fully saturated rings. The number of nitrogens with zero attached hydrogens (tertiary/aromatic N) is 3. The van der Waals surface area contributed by atoms with Crippen molar-refractivity contribution in [2.45, 2.75) is 63.6 Å². The third-order valence-electron chi connectivity index (χ3n) is 6.54. The molecule has 2 aliphatic heterocycles. The van der Waals surface area contributed by atoms with Crippen molar-refractivity contribution in [2.24, 2.45) is 5.92 Å².